The number of methoxy groups -OCH3 is 1. The van der Waals surface area contributed by atoms with Crippen molar-refractivity contribution in [1.29, 1.82) is 10.5 Å². The fourth-order valence-corrected chi connectivity index (χ4v) is 5.12. The van der Waals surface area contributed by atoms with E-state index in [1.807, 2.05) is 11.8 Å². The molecule has 0 unspecified atom stereocenters. The Labute approximate surface area is 247 Å². The zero-order valence-corrected chi connectivity index (χ0v) is 24.3. The molecule has 3 heterocycles. The van der Waals surface area contributed by atoms with Crippen LogP contribution in [0.3, 0.4) is 0 Å². The van der Waals surface area contributed by atoms with Crippen molar-refractivity contribution in [2.24, 2.45) is 5.73 Å². The Kier molecular flexibility index (Phi) is 9.15. The van der Waals surface area contributed by atoms with Crippen LogP contribution in [0.4, 0.5) is 27.9 Å². The van der Waals surface area contributed by atoms with Crippen LogP contribution in [0.1, 0.15) is 31.5 Å². The molecule has 1 aromatic carbocycles. The number of ether oxygens (including phenoxy) is 1. The standard InChI is InChI=1S/C26H31ClN12O3/c1-5-31-23-24-32-12-16(11-29)39(24)36-25(35-23)33-18-8-15(10-28)9-19(21(18)27)38-7-6-17(34-26(41)42-4)20(13-38)37(3)14(2)22(30)40/h8-9,12,14,17,20H,5-7,13H2,1-4H3,(H2,30,40)(H,34,41)(H2,31,33,35,36)/t14-,17+,20-/m0/s1. The number of benzene rings is 1. The number of piperidine rings is 1. The van der Waals surface area contributed by atoms with Crippen molar-refractivity contribution in [2.75, 3.05) is 49.3 Å². The number of alkyl carbamates (subject to hydrolysis) is 1. The number of hydrogen-bond acceptors (Lipinski definition) is 12. The fraction of sp³-hybridized carbons (Fsp3) is 0.423. The summed E-state index contributed by atoms with van der Waals surface area (Å²) in [4.78, 5) is 36.6. The normalized spacial score (nSPS) is 17.3. The van der Waals surface area contributed by atoms with E-state index in [0.717, 1.165) is 0 Å². The van der Waals surface area contributed by atoms with Crippen molar-refractivity contribution in [3.63, 3.8) is 0 Å². The first-order valence-electron chi connectivity index (χ1n) is 13.1. The van der Waals surface area contributed by atoms with E-state index >= 15 is 0 Å². The van der Waals surface area contributed by atoms with Crippen molar-refractivity contribution in [3.8, 4) is 12.1 Å². The number of imidazole rings is 1. The molecule has 1 saturated heterocycles. The van der Waals surface area contributed by atoms with Crippen LogP contribution in [0.25, 0.3) is 5.65 Å². The zero-order chi connectivity index (χ0) is 30.6. The van der Waals surface area contributed by atoms with Gasteiger partial charge < -0.3 is 31.3 Å². The second-order valence-corrected chi connectivity index (χ2v) is 10.1. The molecule has 3 aromatic rings. The average molecular weight is 595 g/mol. The number of carbonyl (C=O) groups excluding carboxylic acids is 2. The van der Waals surface area contributed by atoms with Crippen LogP contribution in [0.2, 0.25) is 5.02 Å². The van der Waals surface area contributed by atoms with Gasteiger partial charge in [-0.1, -0.05) is 11.6 Å². The number of amides is 2. The minimum absolute atomic E-state index is 0.129. The third-order valence-electron chi connectivity index (χ3n) is 7.21. The Morgan fingerprint density at radius 1 is 1.33 bits per heavy atom. The second-order valence-electron chi connectivity index (χ2n) is 9.69. The highest BCUT2D eigenvalue weighted by molar-refractivity contribution is 6.36. The summed E-state index contributed by atoms with van der Waals surface area (Å²) < 4.78 is 6.17. The minimum Gasteiger partial charge on any atom is -0.453 e. The number of fused-ring (bicyclic) bond motifs is 1. The number of rotatable bonds is 9. The number of halogens is 1. The molecule has 42 heavy (non-hydrogen) atoms. The summed E-state index contributed by atoms with van der Waals surface area (Å²) in [6.45, 7) is 4.98. The molecular weight excluding hydrogens is 564 g/mol. The molecule has 3 atom stereocenters. The van der Waals surface area contributed by atoms with Crippen LogP contribution in [0.5, 0.6) is 0 Å². The van der Waals surface area contributed by atoms with Gasteiger partial charge in [0, 0.05) is 25.7 Å². The van der Waals surface area contributed by atoms with Gasteiger partial charge in [-0.2, -0.15) is 20.0 Å². The maximum atomic E-state index is 12.1. The van der Waals surface area contributed by atoms with Gasteiger partial charge in [0.1, 0.15) is 6.07 Å². The molecule has 0 spiro atoms. The lowest BCUT2D eigenvalue weighted by Gasteiger charge is -2.45. The van der Waals surface area contributed by atoms with E-state index < -0.39 is 18.0 Å². The Hall–Kier alpha value is -4.86. The van der Waals surface area contributed by atoms with Crippen LogP contribution in [-0.4, -0.2) is 88.4 Å². The summed E-state index contributed by atoms with van der Waals surface area (Å²) in [7, 11) is 3.05. The van der Waals surface area contributed by atoms with Gasteiger partial charge in [-0.3, -0.25) is 9.69 Å². The highest BCUT2D eigenvalue weighted by Crippen LogP contribution is 2.37. The van der Waals surface area contributed by atoms with Crippen LogP contribution in [0.15, 0.2) is 18.3 Å². The summed E-state index contributed by atoms with van der Waals surface area (Å²) in [6, 6.07) is 6.16. The summed E-state index contributed by atoms with van der Waals surface area (Å²) in [5, 5.41) is 33.1. The molecule has 4 rings (SSSR count). The predicted octanol–water partition coefficient (Wildman–Crippen LogP) is 1.81. The Balaban J connectivity index is 1.71. The van der Waals surface area contributed by atoms with Gasteiger partial charge in [-0.15, -0.1) is 5.10 Å². The molecule has 0 saturated carbocycles. The fourth-order valence-electron chi connectivity index (χ4n) is 4.84. The first kappa shape index (κ1) is 30.1. The number of nitrogens with two attached hydrogens (primary N) is 1. The third-order valence-corrected chi connectivity index (χ3v) is 7.60. The molecule has 15 nitrogen and oxygen atoms in total. The van der Waals surface area contributed by atoms with Gasteiger partial charge in [0.15, 0.2) is 17.2 Å². The maximum Gasteiger partial charge on any atom is 0.407 e. The molecule has 16 heteroatoms. The van der Waals surface area contributed by atoms with Crippen molar-refractivity contribution in [1.82, 2.24) is 29.8 Å². The smallest absolute Gasteiger partial charge is 0.407 e. The van der Waals surface area contributed by atoms with E-state index in [-0.39, 0.29) is 23.7 Å². The summed E-state index contributed by atoms with van der Waals surface area (Å²) >= 11 is 6.93. The monoisotopic (exact) mass is 594 g/mol. The molecule has 5 N–H and O–H groups in total. The molecule has 1 aliphatic rings. The molecule has 1 aliphatic heterocycles. The van der Waals surface area contributed by atoms with Gasteiger partial charge in [0.25, 0.3) is 0 Å². The van der Waals surface area contributed by atoms with Gasteiger partial charge >= 0.3 is 6.09 Å². The summed E-state index contributed by atoms with van der Waals surface area (Å²) in [6.07, 6.45) is 1.32. The molecule has 220 valence electrons. The Morgan fingerprint density at radius 2 is 2.10 bits per heavy atom. The largest absolute Gasteiger partial charge is 0.453 e. The lowest BCUT2D eigenvalue weighted by Crippen LogP contribution is -2.62. The number of nitrogens with one attached hydrogen (secondary N) is 3. The highest BCUT2D eigenvalue weighted by atomic mass is 35.5. The zero-order valence-electron chi connectivity index (χ0n) is 23.6. The van der Waals surface area contributed by atoms with E-state index in [2.05, 4.69) is 43.2 Å². The average Bonchev–Trinajstić information content (AvgIpc) is 3.41. The topological polar surface area (TPSA) is 203 Å². The number of aromatic nitrogens is 4. The van der Waals surface area contributed by atoms with E-state index in [0.29, 0.717) is 59.5 Å². The number of anilines is 4. The van der Waals surface area contributed by atoms with Gasteiger partial charge in [0.05, 0.1) is 53.4 Å². The molecule has 0 bridgehead atoms. The van der Waals surface area contributed by atoms with Crippen molar-refractivity contribution in [3.05, 3.63) is 34.6 Å². The Bertz CT molecular complexity index is 1580. The summed E-state index contributed by atoms with van der Waals surface area (Å²) in [5.41, 5.74) is 7.45. The van der Waals surface area contributed by atoms with Crippen LogP contribution >= 0.6 is 11.6 Å². The third kappa shape index (κ3) is 6.07. The molecule has 2 amide bonds. The van der Waals surface area contributed by atoms with E-state index in [9.17, 15) is 20.1 Å². The van der Waals surface area contributed by atoms with Crippen LogP contribution in [0, 0.1) is 22.7 Å². The van der Waals surface area contributed by atoms with E-state index in [1.165, 1.54) is 17.8 Å². The predicted molar refractivity (Wildman–Crippen MR) is 155 cm³/mol. The molecule has 2 aromatic heterocycles. The minimum atomic E-state index is -0.616. The first-order valence-corrected chi connectivity index (χ1v) is 13.5. The van der Waals surface area contributed by atoms with Crippen molar-refractivity contribution in [2.45, 2.75) is 38.4 Å². The van der Waals surface area contributed by atoms with E-state index in [4.69, 9.17) is 22.1 Å². The number of likely N-dealkylation sites (N-methyl/N-ethyl adjacent to an activating group) is 1. The van der Waals surface area contributed by atoms with E-state index in [1.54, 1.807) is 31.0 Å². The van der Waals surface area contributed by atoms with Crippen molar-refractivity contribution >= 4 is 52.4 Å². The van der Waals surface area contributed by atoms with Gasteiger partial charge in [-0.05, 0) is 39.4 Å². The SMILES string of the molecule is CCNc1nc(Nc2cc(C#N)cc(N3CC[C@@H](NC(=O)OC)[C@@H](N(C)[C@@H](C)C(N)=O)C3)c2Cl)nn2c(C#N)cnc12. The lowest BCUT2D eigenvalue weighted by molar-refractivity contribution is -0.123. The molecule has 0 radical (unpaired) electrons. The van der Waals surface area contributed by atoms with Crippen molar-refractivity contribution < 1.29 is 14.3 Å². The number of primary amides is 1. The van der Waals surface area contributed by atoms with Gasteiger partial charge in [-0.25, -0.2) is 9.78 Å². The first-order chi connectivity index (χ1) is 20.1. The van der Waals surface area contributed by atoms with Crippen LogP contribution < -0.4 is 26.6 Å². The highest BCUT2D eigenvalue weighted by Gasteiger charge is 2.37. The number of nitriles is 2. The number of carbonyl (C=O) groups is 2. The molecule has 1 fully saturated rings. The lowest BCUT2D eigenvalue weighted by atomic mass is 9.96. The quantitative estimate of drug-likeness (QED) is 0.280. The molecule has 0 aliphatic carbocycles. The Morgan fingerprint density at radius 3 is 2.74 bits per heavy atom. The van der Waals surface area contributed by atoms with Crippen LogP contribution in [-0.2, 0) is 9.53 Å². The number of nitrogens with zero attached hydrogens (tertiary/aromatic N) is 8. The molecular formula is C26H31ClN12O3. The van der Waals surface area contributed by atoms with Gasteiger partial charge in [0.2, 0.25) is 11.9 Å². The maximum absolute atomic E-state index is 12.1. The second kappa shape index (κ2) is 12.8. The summed E-state index contributed by atoms with van der Waals surface area (Å²) in [5.74, 6) is 0.0393. The number of hydrogen-bond donors (Lipinski definition) is 4.